The monoisotopic (exact) mass is 482 g/mol. The minimum Gasteiger partial charge on any atom is -0.733 e. The van der Waals surface area contributed by atoms with Crippen molar-refractivity contribution < 1.29 is 19.1 Å². The lowest BCUT2D eigenvalue weighted by atomic mass is 10.2. The number of anilines is 1. The predicted octanol–water partition coefficient (Wildman–Crippen LogP) is 5.93. The number of halogens is 1. The summed E-state index contributed by atoms with van der Waals surface area (Å²) in [5.41, 5.74) is 1.05. The van der Waals surface area contributed by atoms with E-state index in [0.717, 1.165) is 10.0 Å². The lowest BCUT2D eigenvalue weighted by molar-refractivity contribution is 0.295. The van der Waals surface area contributed by atoms with Crippen LogP contribution >= 0.6 is 15.9 Å². The Morgan fingerprint density at radius 3 is 2.55 bits per heavy atom. The van der Waals surface area contributed by atoms with Gasteiger partial charge >= 0.3 is 0 Å². The number of para-hydroxylation sites is 1. The van der Waals surface area contributed by atoms with Crippen LogP contribution in [-0.4, -0.2) is 5.21 Å². The van der Waals surface area contributed by atoms with Gasteiger partial charge in [0.25, 0.3) is 0 Å². The maximum atomic E-state index is 13.0. The van der Waals surface area contributed by atoms with Crippen molar-refractivity contribution in [2.24, 2.45) is 0 Å². The molecular weight excluding hydrogens is 466 g/mol. The highest BCUT2D eigenvalue weighted by Gasteiger charge is 2.15. The zero-order valence-electron chi connectivity index (χ0n) is 16.4. The number of fused-ring (bicyclic) bond motifs is 1. The molecule has 0 bridgehead atoms. The molecule has 3 aromatic carbocycles. The summed E-state index contributed by atoms with van der Waals surface area (Å²) in [5.74, 6) is 1.52. The molecule has 4 aromatic rings. The van der Waals surface area contributed by atoms with Crippen molar-refractivity contribution in [1.29, 1.82) is 0 Å². The van der Waals surface area contributed by atoms with Crippen molar-refractivity contribution >= 4 is 32.6 Å². The molecule has 1 aromatic heterocycles. The number of benzene rings is 3. The van der Waals surface area contributed by atoms with Gasteiger partial charge in [-0.05, 0) is 64.8 Å². The lowest BCUT2D eigenvalue weighted by Crippen LogP contribution is -2.08. The minimum absolute atomic E-state index is 0.129. The second-order valence-electron chi connectivity index (χ2n) is 6.74. The Morgan fingerprint density at radius 1 is 1.10 bits per heavy atom. The Balaban J connectivity index is 1.57. The fourth-order valence-corrected chi connectivity index (χ4v) is 3.37. The van der Waals surface area contributed by atoms with Crippen molar-refractivity contribution in [2.45, 2.75) is 13.5 Å². The predicted molar refractivity (Wildman–Crippen MR) is 120 cm³/mol. The van der Waals surface area contributed by atoms with Crippen LogP contribution < -0.4 is 20.1 Å². The van der Waals surface area contributed by atoms with E-state index in [1.54, 1.807) is 43.3 Å². The molecule has 0 atom stereocenters. The van der Waals surface area contributed by atoms with Gasteiger partial charge in [-0.25, -0.2) is 0 Å². The summed E-state index contributed by atoms with van der Waals surface area (Å²) in [6.07, 6.45) is 0. The van der Waals surface area contributed by atoms with Gasteiger partial charge in [-0.2, -0.15) is 0 Å². The quantitative estimate of drug-likeness (QED) is 0.340. The second-order valence-corrected chi connectivity index (χ2v) is 7.59. The molecule has 7 nitrogen and oxygen atoms in total. The van der Waals surface area contributed by atoms with Crippen LogP contribution in [0.3, 0.4) is 0 Å². The number of ether oxygens (including phenoxy) is 2. The summed E-state index contributed by atoms with van der Waals surface area (Å²) < 4.78 is 18.1. The molecule has 0 amide bonds. The zero-order chi connectivity index (χ0) is 22.0. The third-order valence-corrected chi connectivity index (χ3v) is 5.25. The van der Waals surface area contributed by atoms with Crippen molar-refractivity contribution in [1.82, 2.24) is 0 Å². The molecule has 0 aliphatic heterocycles. The number of hydrogen-bond donors (Lipinski definition) is 1. The average molecular weight is 483 g/mol. The van der Waals surface area contributed by atoms with Gasteiger partial charge in [-0.15, -0.1) is 0 Å². The molecule has 158 valence electrons. The molecule has 0 saturated carbocycles. The van der Waals surface area contributed by atoms with Crippen molar-refractivity contribution in [2.75, 3.05) is 5.23 Å². The zero-order valence-corrected chi connectivity index (χ0v) is 18.0. The topological polar surface area (TPSA) is 95.2 Å². The molecule has 4 rings (SSSR count). The molecule has 0 aliphatic rings. The van der Waals surface area contributed by atoms with Crippen LogP contribution in [0.2, 0.25) is 0 Å². The van der Waals surface area contributed by atoms with Crippen LogP contribution in [0.1, 0.15) is 11.3 Å². The van der Waals surface area contributed by atoms with Crippen LogP contribution in [-0.2, 0) is 6.61 Å². The summed E-state index contributed by atoms with van der Waals surface area (Å²) in [4.78, 5) is 13.0. The average Bonchev–Trinajstić information content (AvgIpc) is 2.76. The van der Waals surface area contributed by atoms with E-state index in [4.69, 9.17) is 19.1 Å². The Hall–Kier alpha value is -3.33. The molecule has 8 heteroatoms. The summed E-state index contributed by atoms with van der Waals surface area (Å²) in [6.45, 7) is 1.91. The largest absolute Gasteiger partial charge is 0.733 e. The summed E-state index contributed by atoms with van der Waals surface area (Å²) >= 11 is 3.41. The van der Waals surface area contributed by atoms with E-state index in [1.807, 2.05) is 18.2 Å². The standard InChI is InChI=1S/C23H17BrNO6/c1-14-23(31-20-5-3-2-4-19(20)24)22(26)18-11-10-17(12-21(18)30-14)29-13-15-6-8-16(9-7-15)25(27)28/h2-12,27H,13H2,1H3/q-1. The molecule has 0 unspecified atom stereocenters. The van der Waals surface area contributed by atoms with E-state index in [9.17, 15) is 10.0 Å². The van der Waals surface area contributed by atoms with Gasteiger partial charge in [0.1, 0.15) is 29.4 Å². The Labute approximate surface area is 185 Å². The normalized spacial score (nSPS) is 10.8. The molecule has 1 N–H and O–H groups in total. The first-order valence-electron chi connectivity index (χ1n) is 9.30. The fraction of sp³-hybridized carbons (Fsp3) is 0.0870. The van der Waals surface area contributed by atoms with Gasteiger partial charge in [-0.3, -0.25) is 10.0 Å². The van der Waals surface area contributed by atoms with Crippen molar-refractivity contribution in [3.8, 4) is 17.2 Å². The van der Waals surface area contributed by atoms with E-state index in [-0.39, 0.29) is 28.7 Å². The highest BCUT2D eigenvalue weighted by molar-refractivity contribution is 9.10. The minimum atomic E-state index is -0.275. The van der Waals surface area contributed by atoms with E-state index in [2.05, 4.69) is 15.9 Å². The molecule has 31 heavy (non-hydrogen) atoms. The van der Waals surface area contributed by atoms with Gasteiger partial charge in [0.2, 0.25) is 11.2 Å². The smallest absolute Gasteiger partial charge is 0.235 e. The molecule has 0 saturated heterocycles. The van der Waals surface area contributed by atoms with Crippen LogP contribution in [0, 0.1) is 12.1 Å². The number of aryl methyl sites for hydroxylation is 1. The van der Waals surface area contributed by atoms with Crippen LogP contribution in [0.5, 0.6) is 17.2 Å². The first-order chi connectivity index (χ1) is 14.9. The molecule has 1 heterocycles. The molecule has 0 spiro atoms. The lowest BCUT2D eigenvalue weighted by Gasteiger charge is -2.21. The molecule has 0 radical (unpaired) electrons. The van der Waals surface area contributed by atoms with Gasteiger partial charge in [-0.1, -0.05) is 24.3 Å². The number of hydrogen-bond acceptors (Lipinski definition) is 7. The van der Waals surface area contributed by atoms with Crippen molar-refractivity contribution in [3.63, 3.8) is 0 Å². The Kier molecular flexibility index (Phi) is 5.94. The summed E-state index contributed by atoms with van der Waals surface area (Å²) in [7, 11) is 0. The summed E-state index contributed by atoms with van der Waals surface area (Å²) in [5, 5.41) is 19.9. The maximum Gasteiger partial charge on any atom is 0.235 e. The van der Waals surface area contributed by atoms with Gasteiger partial charge in [0, 0.05) is 6.07 Å². The van der Waals surface area contributed by atoms with E-state index in [0.29, 0.717) is 28.2 Å². The number of nitrogens with zero attached hydrogens (tertiary/aromatic N) is 1. The van der Waals surface area contributed by atoms with Crippen LogP contribution in [0.25, 0.3) is 11.0 Å². The van der Waals surface area contributed by atoms with E-state index in [1.165, 1.54) is 12.1 Å². The van der Waals surface area contributed by atoms with Crippen LogP contribution in [0.15, 0.2) is 80.4 Å². The SMILES string of the molecule is Cc1oc2cc(OCc3ccc(N([O-])O)cc3)ccc2c(=O)c1Oc1ccccc1Br. The molecule has 0 aliphatic carbocycles. The molecular formula is C23H17BrNO6-. The van der Waals surface area contributed by atoms with Crippen LogP contribution in [0.4, 0.5) is 5.69 Å². The van der Waals surface area contributed by atoms with Gasteiger partial charge < -0.3 is 24.3 Å². The first kappa shape index (κ1) is 20.9. The Bertz CT molecular complexity index is 1280. The van der Waals surface area contributed by atoms with Gasteiger partial charge in [0.05, 0.1) is 15.5 Å². The highest BCUT2D eigenvalue weighted by Crippen LogP contribution is 2.31. The fourth-order valence-electron chi connectivity index (χ4n) is 3.00. The molecule has 0 fully saturated rings. The van der Waals surface area contributed by atoms with E-state index >= 15 is 0 Å². The van der Waals surface area contributed by atoms with Crippen molar-refractivity contribution in [3.05, 3.63) is 98.0 Å². The maximum absolute atomic E-state index is 13.0. The number of rotatable bonds is 6. The van der Waals surface area contributed by atoms with Gasteiger partial charge in [0.15, 0.2) is 0 Å². The first-order valence-corrected chi connectivity index (χ1v) is 10.1. The highest BCUT2D eigenvalue weighted by atomic mass is 79.9. The third-order valence-electron chi connectivity index (χ3n) is 4.60. The summed E-state index contributed by atoms with van der Waals surface area (Å²) in [6, 6.07) is 18.5. The second kappa shape index (κ2) is 8.81. The Morgan fingerprint density at radius 2 is 1.84 bits per heavy atom. The third kappa shape index (κ3) is 4.56. The van der Waals surface area contributed by atoms with E-state index < -0.39 is 0 Å².